The fourth-order valence-electron chi connectivity index (χ4n) is 1.62. The Morgan fingerprint density at radius 2 is 1.81 bits per heavy atom. The van der Waals surface area contributed by atoms with Gasteiger partial charge in [-0.15, -0.1) is 5.06 Å². The van der Waals surface area contributed by atoms with Crippen molar-refractivity contribution >= 4 is 0 Å². The van der Waals surface area contributed by atoms with E-state index in [1.807, 2.05) is 11.1 Å². The average Bonchev–Trinajstić information content (AvgIpc) is 2.86. The number of hydroxylamine groups is 2. The molecule has 2 N–H and O–H groups in total. The number of piperazine rings is 1. The molecule has 1 saturated heterocycles. The molecular formula is C12H25N3O. The summed E-state index contributed by atoms with van der Waals surface area (Å²) in [5.41, 5.74) is 0. The van der Waals surface area contributed by atoms with E-state index >= 15 is 0 Å². The second-order valence-electron chi connectivity index (χ2n) is 4.07. The number of unbranched alkanes of at least 4 members (excludes halogenated alkanes) is 2. The highest BCUT2D eigenvalue weighted by Gasteiger charge is 2.05. The molecule has 4 heteroatoms. The van der Waals surface area contributed by atoms with Crippen molar-refractivity contribution in [1.82, 2.24) is 15.7 Å². The van der Waals surface area contributed by atoms with Crippen LogP contribution in [0, 0.1) is 0 Å². The van der Waals surface area contributed by atoms with E-state index in [1.165, 1.54) is 19.3 Å². The van der Waals surface area contributed by atoms with Gasteiger partial charge in [0.05, 0.1) is 6.54 Å². The van der Waals surface area contributed by atoms with Crippen molar-refractivity contribution in [3.05, 3.63) is 12.3 Å². The Kier molecular flexibility index (Phi) is 8.12. The number of hydrogen-bond donors (Lipinski definition) is 2. The maximum absolute atomic E-state index is 5.15. The molecule has 2 aliphatic heterocycles. The molecule has 0 aromatic rings. The quantitative estimate of drug-likeness (QED) is 0.706. The normalized spacial score (nSPS) is 20.1. The minimum Gasteiger partial charge on any atom is -0.414 e. The highest BCUT2D eigenvalue weighted by atomic mass is 16.7. The summed E-state index contributed by atoms with van der Waals surface area (Å²) in [6.07, 6.45) is 7.62. The molecule has 0 unspecified atom stereocenters. The molecule has 0 radical (unpaired) electrons. The highest BCUT2D eigenvalue weighted by Crippen LogP contribution is 2.03. The van der Waals surface area contributed by atoms with Gasteiger partial charge in [-0.3, -0.25) is 0 Å². The largest absolute Gasteiger partial charge is 0.414 e. The zero-order valence-corrected chi connectivity index (χ0v) is 10.4. The Morgan fingerprint density at radius 1 is 1.12 bits per heavy atom. The Morgan fingerprint density at radius 3 is 2.25 bits per heavy atom. The van der Waals surface area contributed by atoms with Crippen molar-refractivity contribution in [3.63, 3.8) is 0 Å². The van der Waals surface area contributed by atoms with Crippen LogP contribution >= 0.6 is 0 Å². The van der Waals surface area contributed by atoms with Crippen molar-refractivity contribution in [1.29, 1.82) is 0 Å². The van der Waals surface area contributed by atoms with Gasteiger partial charge in [-0.05, 0) is 12.5 Å². The lowest BCUT2D eigenvalue weighted by molar-refractivity contribution is -0.0759. The highest BCUT2D eigenvalue weighted by molar-refractivity contribution is 4.81. The molecule has 4 nitrogen and oxygen atoms in total. The van der Waals surface area contributed by atoms with E-state index in [4.69, 9.17) is 4.84 Å². The lowest BCUT2D eigenvalue weighted by atomic mass is 10.2. The lowest BCUT2D eigenvalue weighted by Crippen LogP contribution is -2.39. The van der Waals surface area contributed by atoms with E-state index in [0.29, 0.717) is 0 Å². The maximum atomic E-state index is 5.15. The molecule has 2 rings (SSSR count). The zero-order valence-electron chi connectivity index (χ0n) is 10.4. The van der Waals surface area contributed by atoms with Crippen LogP contribution in [0.5, 0.6) is 0 Å². The molecule has 0 atom stereocenters. The van der Waals surface area contributed by atoms with Crippen molar-refractivity contribution in [2.24, 2.45) is 0 Å². The Labute approximate surface area is 99.0 Å². The monoisotopic (exact) mass is 227 g/mol. The standard InChI is InChI=1S/C8H15NO.C4H10N2/c1-2-3-4-6-9-7-5-8-10-9;1-2-6-4-3-5-1/h5,8H,2-4,6-7H2,1H3;5-6H,1-4H2. The van der Waals surface area contributed by atoms with Crippen LogP contribution in [0.25, 0.3) is 0 Å². The summed E-state index contributed by atoms with van der Waals surface area (Å²) < 4.78 is 0. The van der Waals surface area contributed by atoms with Gasteiger partial charge in [0, 0.05) is 32.7 Å². The minimum absolute atomic E-state index is 0.962. The third-order valence-corrected chi connectivity index (χ3v) is 2.58. The van der Waals surface area contributed by atoms with Crippen LogP contribution < -0.4 is 10.6 Å². The van der Waals surface area contributed by atoms with Gasteiger partial charge in [0.15, 0.2) is 0 Å². The third kappa shape index (κ3) is 6.82. The first-order chi connectivity index (χ1) is 7.93. The first-order valence-corrected chi connectivity index (χ1v) is 6.41. The number of hydrogen-bond acceptors (Lipinski definition) is 4. The first-order valence-electron chi connectivity index (χ1n) is 6.41. The summed E-state index contributed by atoms with van der Waals surface area (Å²) in [7, 11) is 0. The predicted molar refractivity (Wildman–Crippen MR) is 67.1 cm³/mol. The molecule has 2 heterocycles. The molecule has 0 bridgehead atoms. The SMILES string of the molecule is C1CNCCN1.CCCCCN1CC=CO1. The third-order valence-electron chi connectivity index (χ3n) is 2.58. The van der Waals surface area contributed by atoms with Crippen molar-refractivity contribution in [3.8, 4) is 0 Å². The Hall–Kier alpha value is -0.580. The predicted octanol–water partition coefficient (Wildman–Crippen LogP) is 1.12. The average molecular weight is 227 g/mol. The molecule has 0 aromatic heterocycles. The van der Waals surface area contributed by atoms with Crippen LogP contribution in [0.3, 0.4) is 0 Å². The number of rotatable bonds is 4. The van der Waals surface area contributed by atoms with Gasteiger partial charge in [-0.2, -0.15) is 0 Å². The van der Waals surface area contributed by atoms with E-state index in [0.717, 1.165) is 39.3 Å². The zero-order chi connectivity index (χ0) is 11.5. The van der Waals surface area contributed by atoms with Gasteiger partial charge in [0.1, 0.15) is 6.26 Å². The van der Waals surface area contributed by atoms with E-state index in [-0.39, 0.29) is 0 Å². The van der Waals surface area contributed by atoms with Crippen LogP contribution in [-0.4, -0.2) is 44.3 Å². The fourth-order valence-corrected chi connectivity index (χ4v) is 1.62. The lowest BCUT2D eigenvalue weighted by Gasteiger charge is -2.12. The molecule has 0 aromatic carbocycles. The first kappa shape index (κ1) is 13.5. The maximum Gasteiger partial charge on any atom is 0.109 e. The molecule has 94 valence electrons. The Balaban J connectivity index is 0.000000181. The molecule has 0 saturated carbocycles. The second-order valence-corrected chi connectivity index (χ2v) is 4.07. The van der Waals surface area contributed by atoms with E-state index in [9.17, 15) is 0 Å². The summed E-state index contributed by atoms with van der Waals surface area (Å²) in [5.74, 6) is 0. The van der Waals surface area contributed by atoms with Gasteiger partial charge in [-0.25, -0.2) is 0 Å². The van der Waals surface area contributed by atoms with Gasteiger partial charge < -0.3 is 15.5 Å². The van der Waals surface area contributed by atoms with Crippen LogP contribution in [0.1, 0.15) is 26.2 Å². The van der Waals surface area contributed by atoms with Crippen LogP contribution in [0.15, 0.2) is 12.3 Å². The number of nitrogens with zero attached hydrogens (tertiary/aromatic N) is 1. The van der Waals surface area contributed by atoms with Crippen LogP contribution in [0.4, 0.5) is 0 Å². The van der Waals surface area contributed by atoms with E-state index in [1.54, 1.807) is 6.26 Å². The topological polar surface area (TPSA) is 36.5 Å². The van der Waals surface area contributed by atoms with Gasteiger partial charge in [0.25, 0.3) is 0 Å². The van der Waals surface area contributed by atoms with E-state index in [2.05, 4.69) is 17.6 Å². The van der Waals surface area contributed by atoms with Gasteiger partial charge in [0.2, 0.25) is 0 Å². The second kappa shape index (κ2) is 9.63. The summed E-state index contributed by atoms with van der Waals surface area (Å²) in [6.45, 7) is 8.80. The molecule has 1 fully saturated rings. The molecule has 0 spiro atoms. The Bertz CT molecular complexity index is 162. The van der Waals surface area contributed by atoms with Gasteiger partial charge >= 0.3 is 0 Å². The minimum atomic E-state index is 0.962. The van der Waals surface area contributed by atoms with Crippen molar-refractivity contribution in [2.75, 3.05) is 39.3 Å². The summed E-state index contributed by atoms with van der Waals surface area (Å²) in [4.78, 5) is 5.15. The number of nitrogens with one attached hydrogen (secondary N) is 2. The van der Waals surface area contributed by atoms with Gasteiger partial charge in [-0.1, -0.05) is 19.8 Å². The fraction of sp³-hybridized carbons (Fsp3) is 0.833. The van der Waals surface area contributed by atoms with E-state index < -0.39 is 0 Å². The van der Waals surface area contributed by atoms with Crippen molar-refractivity contribution in [2.45, 2.75) is 26.2 Å². The molecular weight excluding hydrogens is 202 g/mol. The van der Waals surface area contributed by atoms with Crippen LogP contribution in [-0.2, 0) is 4.84 Å². The summed E-state index contributed by atoms with van der Waals surface area (Å²) >= 11 is 0. The molecule has 0 aliphatic carbocycles. The molecule has 2 aliphatic rings. The smallest absolute Gasteiger partial charge is 0.109 e. The summed E-state index contributed by atoms with van der Waals surface area (Å²) in [5, 5.41) is 8.43. The van der Waals surface area contributed by atoms with Crippen LogP contribution in [0.2, 0.25) is 0 Å². The summed E-state index contributed by atoms with van der Waals surface area (Å²) in [6, 6.07) is 0. The van der Waals surface area contributed by atoms with Crippen molar-refractivity contribution < 1.29 is 4.84 Å². The molecule has 16 heavy (non-hydrogen) atoms. The molecule has 0 amide bonds.